The second kappa shape index (κ2) is 6.84. The summed E-state index contributed by atoms with van der Waals surface area (Å²) in [7, 11) is 0. The summed E-state index contributed by atoms with van der Waals surface area (Å²) in [5.74, 6) is 0.120. The zero-order valence-electron chi connectivity index (χ0n) is 13.4. The minimum atomic E-state index is -0.396. The van der Waals surface area contributed by atoms with Crippen molar-refractivity contribution in [3.05, 3.63) is 102 Å². The molecule has 0 amide bonds. The van der Waals surface area contributed by atoms with Crippen LogP contribution in [0.1, 0.15) is 27.9 Å². The summed E-state index contributed by atoms with van der Waals surface area (Å²) in [6, 6.07) is 29.4. The van der Waals surface area contributed by atoms with Crippen molar-refractivity contribution in [1.29, 1.82) is 0 Å². The zero-order chi connectivity index (χ0) is 16.4. The summed E-state index contributed by atoms with van der Waals surface area (Å²) in [5, 5.41) is 11.2. The minimum absolute atomic E-state index is 0.0785. The summed E-state index contributed by atoms with van der Waals surface area (Å²) in [5.41, 5.74) is 3.74. The van der Waals surface area contributed by atoms with Gasteiger partial charge in [0.15, 0.2) is 0 Å². The smallest absolute Gasteiger partial charge is 0.0775 e. The molecule has 1 aliphatic heterocycles. The van der Waals surface area contributed by atoms with E-state index in [9.17, 15) is 5.11 Å². The Balaban J connectivity index is 1.73. The van der Waals surface area contributed by atoms with E-state index < -0.39 is 6.10 Å². The molecule has 0 aliphatic carbocycles. The largest absolute Gasteiger partial charge is 0.391 e. The molecule has 1 aliphatic rings. The van der Waals surface area contributed by atoms with Crippen molar-refractivity contribution in [2.45, 2.75) is 28.6 Å². The lowest BCUT2D eigenvalue weighted by Crippen LogP contribution is -2.30. The van der Waals surface area contributed by atoms with E-state index >= 15 is 0 Å². The highest BCUT2D eigenvalue weighted by atomic mass is 32.2. The predicted molar refractivity (Wildman–Crippen MR) is 100 cm³/mol. The first-order chi connectivity index (χ1) is 11.8. The molecule has 0 saturated heterocycles. The molecule has 3 unspecified atom stereocenters. The molecule has 0 fully saturated rings. The van der Waals surface area contributed by atoms with Gasteiger partial charge in [0, 0.05) is 10.8 Å². The predicted octanol–water partition coefficient (Wildman–Crippen LogP) is 5.22. The second-order valence-corrected chi connectivity index (χ2v) is 7.46. The third kappa shape index (κ3) is 3.00. The summed E-state index contributed by atoms with van der Waals surface area (Å²) >= 11 is 1.78. The van der Waals surface area contributed by atoms with E-state index in [0.717, 1.165) is 6.42 Å². The maximum absolute atomic E-state index is 11.2. The van der Waals surface area contributed by atoms with E-state index in [1.165, 1.54) is 21.6 Å². The van der Waals surface area contributed by atoms with Crippen molar-refractivity contribution in [3.8, 4) is 0 Å². The standard InChI is InChI=1S/C22H20OS/c23-21-19(15-16-9-3-1-4-10-16)18-13-7-8-14-20(18)24-22(21)17-11-5-2-6-12-17/h1-14,19,21-23H,15H2. The van der Waals surface area contributed by atoms with Gasteiger partial charge < -0.3 is 5.11 Å². The van der Waals surface area contributed by atoms with Gasteiger partial charge in [-0.05, 0) is 29.2 Å². The van der Waals surface area contributed by atoms with Crippen LogP contribution < -0.4 is 0 Å². The van der Waals surface area contributed by atoms with Crippen molar-refractivity contribution < 1.29 is 5.11 Å². The van der Waals surface area contributed by atoms with Crippen LogP contribution in [0.3, 0.4) is 0 Å². The highest BCUT2D eigenvalue weighted by Crippen LogP contribution is 2.50. The van der Waals surface area contributed by atoms with Crippen LogP contribution in [0, 0.1) is 0 Å². The first kappa shape index (κ1) is 15.5. The maximum atomic E-state index is 11.2. The molecule has 4 rings (SSSR count). The van der Waals surface area contributed by atoms with Crippen LogP contribution >= 0.6 is 11.8 Å². The van der Waals surface area contributed by atoms with Crippen LogP contribution in [0.4, 0.5) is 0 Å². The molecule has 0 radical (unpaired) electrons. The molecule has 0 saturated carbocycles. The minimum Gasteiger partial charge on any atom is -0.391 e. The van der Waals surface area contributed by atoms with Crippen molar-refractivity contribution in [3.63, 3.8) is 0 Å². The van der Waals surface area contributed by atoms with Crippen molar-refractivity contribution in [2.75, 3.05) is 0 Å². The number of benzene rings is 3. The fraction of sp³-hybridized carbons (Fsp3) is 0.182. The summed E-state index contributed by atoms with van der Waals surface area (Å²) < 4.78 is 0. The molecule has 3 atom stereocenters. The quantitative estimate of drug-likeness (QED) is 0.709. The molecule has 2 heteroatoms. The number of aliphatic hydroxyl groups is 1. The van der Waals surface area contributed by atoms with Gasteiger partial charge in [-0.25, -0.2) is 0 Å². The van der Waals surface area contributed by atoms with Gasteiger partial charge in [-0.2, -0.15) is 0 Å². The SMILES string of the molecule is OC1C(Cc2ccccc2)c2ccccc2SC1c1ccccc1. The van der Waals surface area contributed by atoms with E-state index in [1.807, 2.05) is 12.1 Å². The third-order valence-electron chi connectivity index (χ3n) is 4.72. The van der Waals surface area contributed by atoms with Crippen molar-refractivity contribution in [2.24, 2.45) is 0 Å². The highest BCUT2D eigenvalue weighted by Gasteiger charge is 2.36. The molecule has 24 heavy (non-hydrogen) atoms. The number of hydrogen-bond acceptors (Lipinski definition) is 2. The number of rotatable bonds is 3. The molecule has 3 aromatic rings. The lowest BCUT2D eigenvalue weighted by atomic mass is 9.84. The van der Waals surface area contributed by atoms with Crippen molar-refractivity contribution in [1.82, 2.24) is 0 Å². The molecular formula is C22H20OS. The Morgan fingerprint density at radius 3 is 2.12 bits per heavy atom. The Kier molecular flexibility index (Phi) is 4.42. The van der Waals surface area contributed by atoms with Crippen LogP contribution in [0.2, 0.25) is 0 Å². The van der Waals surface area contributed by atoms with E-state index in [1.54, 1.807) is 11.8 Å². The molecule has 1 heterocycles. The molecule has 1 nitrogen and oxygen atoms in total. The zero-order valence-corrected chi connectivity index (χ0v) is 14.2. The molecular weight excluding hydrogens is 312 g/mol. The molecule has 3 aromatic carbocycles. The average Bonchev–Trinajstić information content (AvgIpc) is 2.65. The van der Waals surface area contributed by atoms with E-state index in [0.29, 0.717) is 0 Å². The van der Waals surface area contributed by atoms with Gasteiger partial charge in [0.2, 0.25) is 0 Å². The Labute approximate surface area is 147 Å². The third-order valence-corrected chi connectivity index (χ3v) is 6.15. The number of thioether (sulfide) groups is 1. The Morgan fingerprint density at radius 2 is 1.38 bits per heavy atom. The van der Waals surface area contributed by atoms with Gasteiger partial charge in [-0.15, -0.1) is 11.8 Å². The van der Waals surface area contributed by atoms with Gasteiger partial charge in [0.1, 0.15) is 0 Å². The van der Waals surface area contributed by atoms with Gasteiger partial charge in [0.25, 0.3) is 0 Å². The average molecular weight is 332 g/mol. The fourth-order valence-corrected chi connectivity index (χ4v) is 4.91. The topological polar surface area (TPSA) is 20.2 Å². The number of aliphatic hydroxyl groups excluding tert-OH is 1. The summed E-state index contributed by atoms with van der Waals surface area (Å²) in [4.78, 5) is 1.29. The first-order valence-electron chi connectivity index (χ1n) is 8.35. The number of hydrogen-bond donors (Lipinski definition) is 1. The Bertz CT molecular complexity index is 800. The molecule has 0 bridgehead atoms. The summed E-state index contributed by atoms with van der Waals surface area (Å²) in [6.45, 7) is 0. The van der Waals surface area contributed by atoms with E-state index in [4.69, 9.17) is 0 Å². The van der Waals surface area contributed by atoms with Gasteiger partial charge in [-0.1, -0.05) is 78.9 Å². The van der Waals surface area contributed by atoms with Crippen molar-refractivity contribution >= 4 is 11.8 Å². The monoisotopic (exact) mass is 332 g/mol. The number of fused-ring (bicyclic) bond motifs is 1. The molecule has 0 aromatic heterocycles. The van der Waals surface area contributed by atoms with Gasteiger partial charge in [0.05, 0.1) is 11.4 Å². The summed E-state index contributed by atoms with van der Waals surface area (Å²) in [6.07, 6.45) is 0.468. The lowest BCUT2D eigenvalue weighted by molar-refractivity contribution is 0.135. The fourth-order valence-electron chi connectivity index (χ4n) is 3.50. The van der Waals surface area contributed by atoms with Crippen LogP contribution in [-0.4, -0.2) is 11.2 Å². The van der Waals surface area contributed by atoms with E-state index in [-0.39, 0.29) is 11.2 Å². The van der Waals surface area contributed by atoms with Crippen LogP contribution in [0.15, 0.2) is 89.8 Å². The Hall–Kier alpha value is -2.03. The van der Waals surface area contributed by atoms with Crippen LogP contribution in [0.5, 0.6) is 0 Å². The Morgan fingerprint density at radius 1 is 0.750 bits per heavy atom. The second-order valence-electron chi connectivity index (χ2n) is 6.27. The first-order valence-corrected chi connectivity index (χ1v) is 9.23. The normalized spacial score (nSPS) is 22.8. The molecule has 1 N–H and O–H groups in total. The van der Waals surface area contributed by atoms with Gasteiger partial charge >= 0.3 is 0 Å². The molecule has 0 spiro atoms. The van der Waals surface area contributed by atoms with Crippen LogP contribution in [-0.2, 0) is 6.42 Å². The highest BCUT2D eigenvalue weighted by molar-refractivity contribution is 7.99. The molecule has 120 valence electrons. The van der Waals surface area contributed by atoms with Gasteiger partial charge in [-0.3, -0.25) is 0 Å². The van der Waals surface area contributed by atoms with E-state index in [2.05, 4.69) is 72.8 Å². The maximum Gasteiger partial charge on any atom is 0.0775 e. The van der Waals surface area contributed by atoms with Crippen LogP contribution in [0.25, 0.3) is 0 Å². The lowest BCUT2D eigenvalue weighted by Gasteiger charge is -2.36.